The van der Waals surface area contributed by atoms with Crippen LogP contribution in [0.3, 0.4) is 0 Å². The lowest BCUT2D eigenvalue weighted by molar-refractivity contribution is -0.384. The van der Waals surface area contributed by atoms with Crippen molar-refractivity contribution in [2.24, 2.45) is 0 Å². The Labute approximate surface area is 85.3 Å². The lowest BCUT2D eigenvalue weighted by Crippen LogP contribution is -2.05. The van der Waals surface area contributed by atoms with Gasteiger partial charge in [0, 0.05) is 6.54 Å². The minimum absolute atomic E-state index is 0.0929. The monoisotopic (exact) mass is 214 g/mol. The summed E-state index contributed by atoms with van der Waals surface area (Å²) in [4.78, 5) is 17.9. The molecule has 0 aliphatic carbocycles. The number of anilines is 1. The quantitative estimate of drug-likeness (QED) is 0.354. The molecular weight excluding hydrogens is 204 g/mol. The van der Waals surface area contributed by atoms with Gasteiger partial charge in [-0.1, -0.05) is 11.8 Å². The maximum absolute atomic E-state index is 10.6. The van der Waals surface area contributed by atoms with Gasteiger partial charge in [0.1, 0.15) is 6.20 Å². The summed E-state index contributed by atoms with van der Waals surface area (Å²) < 4.78 is 0. The fourth-order valence-corrected chi connectivity index (χ4v) is 1.23. The first kappa shape index (κ1) is 10.7. The van der Waals surface area contributed by atoms with E-state index in [4.69, 9.17) is 0 Å². The van der Waals surface area contributed by atoms with Gasteiger partial charge in [0.15, 0.2) is 5.16 Å². The van der Waals surface area contributed by atoms with Crippen LogP contribution in [0, 0.1) is 10.1 Å². The second kappa shape index (κ2) is 4.75. The molecule has 1 rings (SSSR count). The largest absolute Gasteiger partial charge is 0.364 e. The van der Waals surface area contributed by atoms with Crippen molar-refractivity contribution >= 4 is 23.3 Å². The zero-order valence-corrected chi connectivity index (χ0v) is 8.67. The highest BCUT2D eigenvalue weighted by Gasteiger charge is 2.15. The molecule has 0 spiro atoms. The Morgan fingerprint density at radius 3 is 2.93 bits per heavy atom. The zero-order chi connectivity index (χ0) is 10.6. The molecule has 0 amide bonds. The van der Waals surface area contributed by atoms with Gasteiger partial charge < -0.3 is 5.32 Å². The lowest BCUT2D eigenvalue weighted by atomic mass is 10.5. The Morgan fingerprint density at radius 1 is 1.71 bits per heavy atom. The Bertz CT molecular complexity index is 344. The maximum atomic E-state index is 10.6. The molecule has 0 atom stereocenters. The van der Waals surface area contributed by atoms with Crippen molar-refractivity contribution in [2.45, 2.75) is 12.1 Å². The average molecular weight is 214 g/mol. The predicted molar refractivity (Wildman–Crippen MR) is 54.6 cm³/mol. The van der Waals surface area contributed by atoms with Gasteiger partial charge >= 0.3 is 5.69 Å². The summed E-state index contributed by atoms with van der Waals surface area (Å²) in [7, 11) is 0. The van der Waals surface area contributed by atoms with Crippen molar-refractivity contribution in [1.29, 1.82) is 0 Å². The Kier molecular flexibility index (Phi) is 3.63. The maximum Gasteiger partial charge on any atom is 0.329 e. The van der Waals surface area contributed by atoms with Crippen molar-refractivity contribution in [3.05, 3.63) is 16.3 Å². The first-order chi connectivity index (χ1) is 6.69. The van der Waals surface area contributed by atoms with E-state index in [-0.39, 0.29) is 11.5 Å². The molecule has 0 aromatic carbocycles. The summed E-state index contributed by atoms with van der Waals surface area (Å²) in [6, 6.07) is 0. The van der Waals surface area contributed by atoms with Crippen LogP contribution in [0.1, 0.15) is 6.92 Å². The molecular formula is C7H10N4O2S. The molecule has 0 saturated heterocycles. The van der Waals surface area contributed by atoms with E-state index < -0.39 is 4.92 Å². The van der Waals surface area contributed by atoms with Crippen molar-refractivity contribution in [2.75, 3.05) is 18.1 Å². The summed E-state index contributed by atoms with van der Waals surface area (Å²) in [5.41, 5.74) is -0.0929. The average Bonchev–Trinajstić information content (AvgIpc) is 2.17. The highest BCUT2D eigenvalue weighted by Crippen LogP contribution is 2.22. The Balaban J connectivity index is 3.10. The smallest absolute Gasteiger partial charge is 0.329 e. The molecule has 0 saturated carbocycles. The Hall–Kier alpha value is -1.37. The van der Waals surface area contributed by atoms with Crippen molar-refractivity contribution in [3.63, 3.8) is 0 Å². The molecule has 0 radical (unpaired) electrons. The third-order valence-electron chi connectivity index (χ3n) is 1.47. The number of nitrogens with zero attached hydrogens (tertiary/aromatic N) is 3. The number of thioether (sulfide) groups is 1. The van der Waals surface area contributed by atoms with E-state index in [1.807, 2.05) is 13.2 Å². The molecule has 76 valence electrons. The molecule has 1 aromatic heterocycles. The van der Waals surface area contributed by atoms with E-state index in [9.17, 15) is 10.1 Å². The van der Waals surface area contributed by atoms with Gasteiger partial charge in [0.2, 0.25) is 5.82 Å². The third-order valence-corrected chi connectivity index (χ3v) is 2.03. The number of nitro groups is 1. The van der Waals surface area contributed by atoms with Gasteiger partial charge in [-0.05, 0) is 13.2 Å². The molecule has 0 aliphatic rings. The Morgan fingerprint density at radius 2 is 2.43 bits per heavy atom. The van der Waals surface area contributed by atoms with Gasteiger partial charge in [-0.15, -0.1) is 0 Å². The summed E-state index contributed by atoms with van der Waals surface area (Å²) in [6.45, 7) is 2.44. The van der Waals surface area contributed by atoms with Crippen LogP contribution < -0.4 is 5.32 Å². The summed E-state index contributed by atoms with van der Waals surface area (Å²) in [6.07, 6.45) is 3.04. The lowest BCUT2D eigenvalue weighted by Gasteiger charge is -2.03. The van der Waals surface area contributed by atoms with Crippen LogP contribution >= 0.6 is 11.8 Å². The van der Waals surface area contributed by atoms with E-state index in [0.717, 1.165) is 0 Å². The van der Waals surface area contributed by atoms with E-state index in [2.05, 4.69) is 15.3 Å². The normalized spacial score (nSPS) is 9.86. The second-order valence-electron chi connectivity index (χ2n) is 2.38. The van der Waals surface area contributed by atoms with Crippen LogP contribution in [-0.2, 0) is 0 Å². The third kappa shape index (κ3) is 2.32. The molecule has 0 fully saturated rings. The fraction of sp³-hybridized carbons (Fsp3) is 0.429. The molecule has 1 heterocycles. The van der Waals surface area contributed by atoms with Crippen LogP contribution in [0.2, 0.25) is 0 Å². The van der Waals surface area contributed by atoms with E-state index >= 15 is 0 Å². The molecule has 6 nitrogen and oxygen atoms in total. The minimum Gasteiger partial charge on any atom is -0.364 e. The standard InChI is InChI=1S/C7H10N4O2S/c1-3-8-6-5(11(12)13)4-9-7(10-6)14-2/h4H,3H2,1-2H3,(H,8,9,10). The summed E-state index contributed by atoms with van der Waals surface area (Å²) in [5, 5.41) is 13.9. The highest BCUT2D eigenvalue weighted by molar-refractivity contribution is 7.98. The number of rotatable bonds is 4. The summed E-state index contributed by atoms with van der Waals surface area (Å²) >= 11 is 1.34. The topological polar surface area (TPSA) is 81.0 Å². The predicted octanol–water partition coefficient (Wildman–Crippen LogP) is 1.54. The van der Waals surface area contributed by atoms with E-state index in [1.54, 1.807) is 0 Å². The van der Waals surface area contributed by atoms with Crippen LogP contribution in [0.4, 0.5) is 11.5 Å². The van der Waals surface area contributed by atoms with Crippen LogP contribution in [0.15, 0.2) is 11.4 Å². The van der Waals surface area contributed by atoms with Gasteiger partial charge in [-0.3, -0.25) is 10.1 Å². The SMILES string of the molecule is CCNc1nc(SC)ncc1[N+](=O)[O-]. The fourth-order valence-electron chi connectivity index (χ4n) is 0.889. The van der Waals surface area contributed by atoms with Crippen LogP contribution in [0.5, 0.6) is 0 Å². The molecule has 0 bridgehead atoms. The summed E-state index contributed by atoms with van der Waals surface area (Å²) in [5.74, 6) is 0.275. The molecule has 1 N–H and O–H groups in total. The molecule has 7 heteroatoms. The molecule has 0 aliphatic heterocycles. The first-order valence-electron chi connectivity index (χ1n) is 3.98. The van der Waals surface area contributed by atoms with Gasteiger partial charge in [-0.25, -0.2) is 4.98 Å². The zero-order valence-electron chi connectivity index (χ0n) is 7.85. The van der Waals surface area contributed by atoms with Crippen LogP contribution in [0.25, 0.3) is 0 Å². The van der Waals surface area contributed by atoms with E-state index in [0.29, 0.717) is 11.7 Å². The highest BCUT2D eigenvalue weighted by atomic mass is 32.2. The van der Waals surface area contributed by atoms with Crippen molar-refractivity contribution < 1.29 is 4.92 Å². The van der Waals surface area contributed by atoms with Crippen LogP contribution in [-0.4, -0.2) is 27.7 Å². The van der Waals surface area contributed by atoms with Gasteiger partial charge in [0.05, 0.1) is 4.92 Å². The number of hydrogen-bond acceptors (Lipinski definition) is 6. The molecule has 1 aromatic rings. The van der Waals surface area contributed by atoms with E-state index in [1.165, 1.54) is 18.0 Å². The number of aromatic nitrogens is 2. The first-order valence-corrected chi connectivity index (χ1v) is 5.20. The number of hydrogen-bond donors (Lipinski definition) is 1. The van der Waals surface area contributed by atoms with Crippen molar-refractivity contribution in [1.82, 2.24) is 9.97 Å². The van der Waals surface area contributed by atoms with Crippen molar-refractivity contribution in [3.8, 4) is 0 Å². The molecule has 0 unspecified atom stereocenters. The van der Waals surface area contributed by atoms with Gasteiger partial charge in [0.25, 0.3) is 0 Å². The number of nitrogens with one attached hydrogen (secondary N) is 1. The minimum atomic E-state index is -0.498. The second-order valence-corrected chi connectivity index (χ2v) is 3.15. The van der Waals surface area contributed by atoms with Gasteiger partial charge in [-0.2, -0.15) is 4.98 Å². The molecule has 14 heavy (non-hydrogen) atoms.